The van der Waals surface area contributed by atoms with Gasteiger partial charge in [-0.1, -0.05) is 30.3 Å². The molecule has 0 aliphatic carbocycles. The van der Waals surface area contributed by atoms with E-state index in [0.29, 0.717) is 28.2 Å². The fourth-order valence-electron chi connectivity index (χ4n) is 4.38. The zero-order chi connectivity index (χ0) is 22.1. The van der Waals surface area contributed by atoms with Crippen molar-refractivity contribution in [2.75, 3.05) is 25.9 Å². The van der Waals surface area contributed by atoms with Gasteiger partial charge < -0.3 is 15.4 Å². The van der Waals surface area contributed by atoms with E-state index in [0.717, 1.165) is 37.2 Å². The minimum Gasteiger partial charge on any atom is -0.457 e. The molecule has 1 aliphatic heterocycles. The SMILES string of the molecule is CN1CCCC(n2c(=O)c(-c3ccc(Oc4ccccc4)cc3)cc3c(N)ncnc32)C1. The van der Waals surface area contributed by atoms with Gasteiger partial charge in [0, 0.05) is 12.1 Å². The molecule has 1 aliphatic rings. The first-order valence-electron chi connectivity index (χ1n) is 10.8. The number of ether oxygens (including phenoxy) is 1. The van der Waals surface area contributed by atoms with Gasteiger partial charge in [-0.05, 0) is 62.3 Å². The van der Waals surface area contributed by atoms with Crippen molar-refractivity contribution in [3.8, 4) is 22.6 Å². The number of para-hydroxylation sites is 1. The van der Waals surface area contributed by atoms with E-state index in [4.69, 9.17) is 10.5 Å². The fourth-order valence-corrected chi connectivity index (χ4v) is 4.38. The molecule has 5 rings (SSSR count). The van der Waals surface area contributed by atoms with Crippen LogP contribution in [0.15, 0.2) is 71.8 Å². The number of nitrogens with two attached hydrogens (primary N) is 1. The smallest absolute Gasteiger partial charge is 0.260 e. The number of aromatic nitrogens is 3. The van der Waals surface area contributed by atoms with Crippen molar-refractivity contribution < 1.29 is 4.74 Å². The summed E-state index contributed by atoms with van der Waals surface area (Å²) in [5.41, 5.74) is 8.11. The first-order chi connectivity index (χ1) is 15.6. The predicted molar refractivity (Wildman–Crippen MR) is 126 cm³/mol. The standard InChI is InChI=1S/C25H25N5O2/c1-29-13-5-6-18(15-29)30-24-22(23(26)27-16-28-24)14-21(25(30)31)17-9-11-20(12-10-17)32-19-7-3-2-4-8-19/h2-4,7-12,14,16,18H,5-6,13,15H2,1H3,(H2,26,27,28). The summed E-state index contributed by atoms with van der Waals surface area (Å²) in [6, 6.07) is 19.0. The van der Waals surface area contributed by atoms with Gasteiger partial charge in [-0.3, -0.25) is 9.36 Å². The number of hydrogen-bond donors (Lipinski definition) is 1. The molecule has 32 heavy (non-hydrogen) atoms. The van der Waals surface area contributed by atoms with Crippen molar-refractivity contribution in [2.45, 2.75) is 18.9 Å². The Labute approximate surface area is 186 Å². The summed E-state index contributed by atoms with van der Waals surface area (Å²) < 4.78 is 7.70. The number of piperidine rings is 1. The lowest BCUT2D eigenvalue weighted by Gasteiger charge is -2.31. The molecular formula is C25H25N5O2. The Bertz CT molecular complexity index is 1300. The van der Waals surface area contributed by atoms with Crippen LogP contribution in [0.25, 0.3) is 22.2 Å². The third kappa shape index (κ3) is 3.83. The molecule has 2 aromatic carbocycles. The number of benzene rings is 2. The van der Waals surface area contributed by atoms with E-state index in [2.05, 4.69) is 21.9 Å². The van der Waals surface area contributed by atoms with E-state index in [9.17, 15) is 4.79 Å². The second-order valence-corrected chi connectivity index (χ2v) is 8.23. The Morgan fingerprint density at radius 3 is 2.53 bits per heavy atom. The van der Waals surface area contributed by atoms with E-state index < -0.39 is 0 Å². The van der Waals surface area contributed by atoms with Crippen LogP contribution in [-0.2, 0) is 0 Å². The summed E-state index contributed by atoms with van der Waals surface area (Å²) in [6.45, 7) is 1.83. The predicted octanol–water partition coefficient (Wildman–Crippen LogP) is 4.10. The number of nitrogens with zero attached hydrogens (tertiary/aromatic N) is 4. The molecule has 162 valence electrons. The van der Waals surface area contributed by atoms with E-state index in [1.54, 1.807) is 0 Å². The summed E-state index contributed by atoms with van der Waals surface area (Å²) >= 11 is 0. The molecule has 7 nitrogen and oxygen atoms in total. The van der Waals surface area contributed by atoms with E-state index in [1.165, 1.54) is 6.33 Å². The highest BCUT2D eigenvalue weighted by molar-refractivity contribution is 5.89. The minimum atomic E-state index is -0.0624. The van der Waals surface area contributed by atoms with Gasteiger partial charge in [0.25, 0.3) is 5.56 Å². The molecule has 4 aromatic rings. The van der Waals surface area contributed by atoms with Crippen LogP contribution in [-0.4, -0.2) is 39.6 Å². The van der Waals surface area contributed by atoms with Crippen LogP contribution < -0.4 is 16.0 Å². The Kier molecular flexibility index (Phi) is 5.33. The average Bonchev–Trinajstić information content (AvgIpc) is 2.80. The number of anilines is 1. The van der Waals surface area contributed by atoms with Gasteiger partial charge in [0.1, 0.15) is 29.3 Å². The van der Waals surface area contributed by atoms with Crippen molar-refractivity contribution in [3.05, 3.63) is 77.3 Å². The second kappa shape index (κ2) is 8.43. The molecule has 1 saturated heterocycles. The van der Waals surface area contributed by atoms with Crippen LogP contribution in [0, 0.1) is 0 Å². The van der Waals surface area contributed by atoms with Crippen LogP contribution in [0.2, 0.25) is 0 Å². The largest absolute Gasteiger partial charge is 0.457 e. The fraction of sp³-hybridized carbons (Fsp3) is 0.240. The molecule has 1 fully saturated rings. The molecule has 0 amide bonds. The highest BCUT2D eigenvalue weighted by atomic mass is 16.5. The Hall–Kier alpha value is -3.71. The maximum atomic E-state index is 13.7. The first-order valence-corrected chi connectivity index (χ1v) is 10.8. The van der Waals surface area contributed by atoms with Crippen molar-refractivity contribution in [2.24, 2.45) is 0 Å². The van der Waals surface area contributed by atoms with Gasteiger partial charge in [-0.15, -0.1) is 0 Å². The zero-order valence-electron chi connectivity index (χ0n) is 17.9. The lowest BCUT2D eigenvalue weighted by atomic mass is 10.0. The van der Waals surface area contributed by atoms with Gasteiger partial charge in [0.15, 0.2) is 0 Å². The summed E-state index contributed by atoms with van der Waals surface area (Å²) in [5, 5.41) is 0.694. The first kappa shape index (κ1) is 20.2. The van der Waals surface area contributed by atoms with Crippen LogP contribution in [0.5, 0.6) is 11.5 Å². The van der Waals surface area contributed by atoms with Crippen molar-refractivity contribution >= 4 is 16.9 Å². The van der Waals surface area contributed by atoms with Gasteiger partial charge in [-0.25, -0.2) is 9.97 Å². The molecule has 1 atom stereocenters. The van der Waals surface area contributed by atoms with Crippen molar-refractivity contribution in [3.63, 3.8) is 0 Å². The van der Waals surface area contributed by atoms with Crippen LogP contribution in [0.1, 0.15) is 18.9 Å². The molecule has 0 saturated carbocycles. The molecule has 2 N–H and O–H groups in total. The Morgan fingerprint density at radius 1 is 1.03 bits per heavy atom. The molecule has 2 aromatic heterocycles. The zero-order valence-corrected chi connectivity index (χ0v) is 17.9. The molecule has 3 heterocycles. The highest BCUT2D eigenvalue weighted by Crippen LogP contribution is 2.29. The van der Waals surface area contributed by atoms with E-state index in [-0.39, 0.29) is 11.6 Å². The lowest BCUT2D eigenvalue weighted by molar-refractivity contribution is 0.212. The summed E-state index contributed by atoms with van der Waals surface area (Å²) in [4.78, 5) is 24.5. The van der Waals surface area contributed by atoms with Crippen LogP contribution in [0.4, 0.5) is 5.82 Å². The number of fused-ring (bicyclic) bond motifs is 1. The third-order valence-corrected chi connectivity index (χ3v) is 5.97. The molecular weight excluding hydrogens is 402 g/mol. The number of nitrogen functional groups attached to an aromatic ring is 1. The normalized spacial score (nSPS) is 16.8. The van der Waals surface area contributed by atoms with Gasteiger partial charge in [0.05, 0.1) is 11.4 Å². The number of likely N-dealkylation sites (tertiary alicyclic amines) is 1. The van der Waals surface area contributed by atoms with Crippen molar-refractivity contribution in [1.82, 2.24) is 19.4 Å². The number of rotatable bonds is 4. The number of pyridine rings is 1. The lowest BCUT2D eigenvalue weighted by Crippen LogP contribution is -2.38. The molecule has 0 radical (unpaired) electrons. The summed E-state index contributed by atoms with van der Waals surface area (Å²) in [5.74, 6) is 1.84. The number of likely N-dealkylation sites (N-methyl/N-ethyl adjacent to an activating group) is 1. The van der Waals surface area contributed by atoms with Gasteiger partial charge >= 0.3 is 0 Å². The monoisotopic (exact) mass is 427 g/mol. The van der Waals surface area contributed by atoms with E-state index >= 15 is 0 Å². The summed E-state index contributed by atoms with van der Waals surface area (Å²) in [6.07, 6.45) is 3.39. The number of hydrogen-bond acceptors (Lipinski definition) is 6. The maximum Gasteiger partial charge on any atom is 0.260 e. The molecule has 7 heteroatoms. The molecule has 0 spiro atoms. The van der Waals surface area contributed by atoms with Gasteiger partial charge in [0.2, 0.25) is 0 Å². The van der Waals surface area contributed by atoms with Crippen LogP contribution in [0.3, 0.4) is 0 Å². The topological polar surface area (TPSA) is 86.3 Å². The summed E-state index contributed by atoms with van der Waals surface area (Å²) in [7, 11) is 2.08. The quantitative estimate of drug-likeness (QED) is 0.528. The minimum absolute atomic E-state index is 0.0405. The Morgan fingerprint density at radius 2 is 1.78 bits per heavy atom. The third-order valence-electron chi connectivity index (χ3n) is 5.97. The second-order valence-electron chi connectivity index (χ2n) is 8.23. The average molecular weight is 428 g/mol. The molecule has 1 unspecified atom stereocenters. The molecule has 0 bridgehead atoms. The van der Waals surface area contributed by atoms with Crippen molar-refractivity contribution in [1.29, 1.82) is 0 Å². The maximum absolute atomic E-state index is 13.7. The van der Waals surface area contributed by atoms with Gasteiger partial charge in [-0.2, -0.15) is 0 Å². The Balaban J connectivity index is 1.59. The van der Waals surface area contributed by atoms with Crippen LogP contribution >= 0.6 is 0 Å². The van der Waals surface area contributed by atoms with E-state index in [1.807, 2.05) is 65.2 Å². The highest BCUT2D eigenvalue weighted by Gasteiger charge is 2.24.